The molecule has 40 heavy (non-hydrogen) atoms. The van der Waals surface area contributed by atoms with Crippen LogP contribution in [0.2, 0.25) is 0 Å². The lowest BCUT2D eigenvalue weighted by Crippen LogP contribution is -2.35. The first-order chi connectivity index (χ1) is 19.2. The Kier molecular flexibility index (Phi) is 7.92. The SMILES string of the molecule is CCCc1nc2ccc(N3CCCCC3=O)cc2n1Cc1ccc(-c2ccccc2OC(=O)OC(C)(C)C)cc1. The molecule has 0 atom stereocenters. The Morgan fingerprint density at radius 2 is 1.77 bits per heavy atom. The molecule has 5 rings (SSSR count). The van der Waals surface area contributed by atoms with Crippen molar-refractivity contribution in [3.63, 3.8) is 0 Å². The highest BCUT2D eigenvalue weighted by atomic mass is 16.7. The largest absolute Gasteiger partial charge is 0.514 e. The van der Waals surface area contributed by atoms with Gasteiger partial charge in [-0.15, -0.1) is 0 Å². The number of piperidine rings is 1. The third-order valence-electron chi connectivity index (χ3n) is 7.00. The van der Waals surface area contributed by atoms with Crippen molar-refractivity contribution < 1.29 is 19.1 Å². The van der Waals surface area contributed by atoms with Gasteiger partial charge in [-0.2, -0.15) is 0 Å². The van der Waals surface area contributed by atoms with Crippen molar-refractivity contribution >= 4 is 28.8 Å². The number of aryl methyl sites for hydroxylation is 1. The maximum atomic E-state index is 12.6. The average Bonchev–Trinajstić information content (AvgIpc) is 3.25. The summed E-state index contributed by atoms with van der Waals surface area (Å²) >= 11 is 0. The van der Waals surface area contributed by atoms with Gasteiger partial charge in [-0.05, 0) is 75.4 Å². The van der Waals surface area contributed by atoms with Crippen molar-refractivity contribution in [1.29, 1.82) is 0 Å². The minimum absolute atomic E-state index is 0.192. The van der Waals surface area contributed by atoms with Crippen LogP contribution in [-0.2, 0) is 22.5 Å². The molecule has 1 aromatic heterocycles. The Morgan fingerprint density at radius 3 is 2.50 bits per heavy atom. The molecule has 0 radical (unpaired) electrons. The first-order valence-corrected chi connectivity index (χ1v) is 14.1. The number of carbonyl (C=O) groups excluding carboxylic acids is 2. The number of amides is 1. The number of imidazole rings is 1. The maximum absolute atomic E-state index is 12.6. The minimum atomic E-state index is -0.724. The number of benzene rings is 3. The monoisotopic (exact) mass is 539 g/mol. The summed E-state index contributed by atoms with van der Waals surface area (Å²) in [5.41, 5.74) is 5.18. The van der Waals surface area contributed by atoms with Crippen LogP contribution in [-0.4, -0.2) is 33.8 Å². The third-order valence-corrected chi connectivity index (χ3v) is 7.00. The van der Waals surface area contributed by atoms with Gasteiger partial charge in [-0.1, -0.05) is 49.4 Å². The molecule has 7 heteroatoms. The number of carbonyl (C=O) groups is 2. The minimum Gasteiger partial charge on any atom is -0.428 e. The number of nitrogens with zero attached hydrogens (tertiary/aromatic N) is 3. The molecule has 1 amide bonds. The molecule has 2 heterocycles. The van der Waals surface area contributed by atoms with E-state index in [1.54, 1.807) is 6.07 Å². The first-order valence-electron chi connectivity index (χ1n) is 14.1. The normalized spacial score (nSPS) is 14.0. The van der Waals surface area contributed by atoms with Gasteiger partial charge in [-0.25, -0.2) is 9.78 Å². The fourth-order valence-corrected chi connectivity index (χ4v) is 5.13. The summed E-state index contributed by atoms with van der Waals surface area (Å²) in [5, 5.41) is 0. The van der Waals surface area contributed by atoms with E-state index in [2.05, 4.69) is 29.7 Å². The quantitative estimate of drug-likeness (QED) is 0.179. The van der Waals surface area contributed by atoms with Gasteiger partial charge in [0.2, 0.25) is 5.91 Å². The Hall–Kier alpha value is -4.13. The Bertz CT molecular complexity index is 1520. The van der Waals surface area contributed by atoms with Crippen LogP contribution in [0.3, 0.4) is 0 Å². The van der Waals surface area contributed by atoms with E-state index in [0.717, 1.165) is 71.5 Å². The zero-order valence-corrected chi connectivity index (χ0v) is 23.8. The van der Waals surface area contributed by atoms with Gasteiger partial charge < -0.3 is 18.9 Å². The third kappa shape index (κ3) is 6.19. The first kappa shape index (κ1) is 27.4. The van der Waals surface area contributed by atoms with Crippen LogP contribution in [0.15, 0.2) is 66.7 Å². The molecule has 4 aromatic rings. The van der Waals surface area contributed by atoms with Crippen molar-refractivity contribution in [3.05, 3.63) is 78.1 Å². The molecule has 0 bridgehead atoms. The van der Waals surface area contributed by atoms with Crippen molar-refractivity contribution in [2.45, 2.75) is 71.9 Å². The van der Waals surface area contributed by atoms with Crippen LogP contribution < -0.4 is 9.64 Å². The standard InChI is InChI=1S/C33H37N3O4/c1-5-10-30-34-27-19-18-25(35-20-9-8-13-31(35)37)21-28(27)36(30)22-23-14-16-24(17-15-23)26-11-6-7-12-29(26)39-32(38)40-33(2,3)4/h6-7,11-12,14-19,21H,5,8-10,13,20,22H2,1-4H3. The van der Waals surface area contributed by atoms with E-state index in [0.29, 0.717) is 18.7 Å². The molecule has 0 aliphatic carbocycles. The molecular weight excluding hydrogens is 502 g/mol. The Balaban J connectivity index is 1.42. The molecule has 0 unspecified atom stereocenters. The van der Waals surface area contributed by atoms with Crippen molar-refractivity contribution in [1.82, 2.24) is 9.55 Å². The fraction of sp³-hybridized carbons (Fsp3) is 0.364. The lowest BCUT2D eigenvalue weighted by atomic mass is 10.0. The number of anilines is 1. The highest BCUT2D eigenvalue weighted by Gasteiger charge is 2.22. The predicted octanol–water partition coefficient (Wildman–Crippen LogP) is 7.53. The summed E-state index contributed by atoms with van der Waals surface area (Å²) in [7, 11) is 0. The fourth-order valence-electron chi connectivity index (χ4n) is 5.13. The molecule has 1 aliphatic heterocycles. The van der Waals surface area contributed by atoms with Crippen LogP contribution in [0.1, 0.15) is 64.8 Å². The van der Waals surface area contributed by atoms with Crippen LogP contribution in [0.4, 0.5) is 10.5 Å². The second kappa shape index (κ2) is 11.5. The zero-order chi connectivity index (χ0) is 28.3. The van der Waals surface area contributed by atoms with Gasteiger partial charge in [0.25, 0.3) is 0 Å². The number of ether oxygens (including phenoxy) is 2. The van der Waals surface area contributed by atoms with E-state index < -0.39 is 11.8 Å². The van der Waals surface area contributed by atoms with E-state index >= 15 is 0 Å². The zero-order valence-electron chi connectivity index (χ0n) is 23.8. The number of aromatic nitrogens is 2. The Morgan fingerprint density at radius 1 is 1.00 bits per heavy atom. The molecule has 1 aliphatic rings. The van der Waals surface area contributed by atoms with Gasteiger partial charge in [0.05, 0.1) is 11.0 Å². The van der Waals surface area contributed by atoms with Crippen LogP contribution >= 0.6 is 0 Å². The molecule has 1 fully saturated rings. The molecule has 1 saturated heterocycles. The second-order valence-corrected chi connectivity index (χ2v) is 11.3. The molecular formula is C33H37N3O4. The molecule has 208 valence electrons. The molecule has 0 spiro atoms. The number of rotatable bonds is 7. The number of hydrogen-bond donors (Lipinski definition) is 0. The summed E-state index contributed by atoms with van der Waals surface area (Å²) in [5.74, 6) is 1.69. The van der Waals surface area contributed by atoms with E-state index in [1.807, 2.05) is 68.1 Å². The Labute approximate surface area is 235 Å². The van der Waals surface area contributed by atoms with Crippen molar-refractivity contribution in [2.24, 2.45) is 0 Å². The molecule has 0 saturated carbocycles. The van der Waals surface area contributed by atoms with Crippen LogP contribution in [0, 0.1) is 0 Å². The molecule has 0 N–H and O–H groups in total. The summed E-state index contributed by atoms with van der Waals surface area (Å²) in [4.78, 5) is 31.7. The van der Waals surface area contributed by atoms with Gasteiger partial charge >= 0.3 is 6.16 Å². The summed E-state index contributed by atoms with van der Waals surface area (Å²) < 4.78 is 13.2. The van der Waals surface area contributed by atoms with E-state index in [1.165, 1.54) is 0 Å². The number of para-hydroxylation sites is 1. The number of hydrogen-bond acceptors (Lipinski definition) is 5. The maximum Gasteiger partial charge on any atom is 0.514 e. The highest BCUT2D eigenvalue weighted by Crippen LogP contribution is 2.32. The van der Waals surface area contributed by atoms with Crippen LogP contribution in [0.25, 0.3) is 22.2 Å². The predicted molar refractivity (Wildman–Crippen MR) is 158 cm³/mol. The van der Waals surface area contributed by atoms with Crippen LogP contribution in [0.5, 0.6) is 5.75 Å². The van der Waals surface area contributed by atoms with Crippen molar-refractivity contribution in [3.8, 4) is 16.9 Å². The number of fused-ring (bicyclic) bond motifs is 1. The summed E-state index contributed by atoms with van der Waals surface area (Å²) in [6.07, 6.45) is 3.74. The topological polar surface area (TPSA) is 73.7 Å². The lowest BCUT2D eigenvalue weighted by molar-refractivity contribution is -0.119. The average molecular weight is 540 g/mol. The van der Waals surface area contributed by atoms with Crippen molar-refractivity contribution in [2.75, 3.05) is 11.4 Å². The van der Waals surface area contributed by atoms with Gasteiger partial charge in [0, 0.05) is 37.2 Å². The summed E-state index contributed by atoms with van der Waals surface area (Å²) in [6, 6.07) is 21.9. The van der Waals surface area contributed by atoms with E-state index in [-0.39, 0.29) is 5.91 Å². The highest BCUT2D eigenvalue weighted by molar-refractivity contribution is 5.96. The second-order valence-electron chi connectivity index (χ2n) is 11.3. The van der Waals surface area contributed by atoms with Gasteiger partial charge in [0.1, 0.15) is 17.2 Å². The summed E-state index contributed by atoms with van der Waals surface area (Å²) in [6.45, 7) is 9.01. The smallest absolute Gasteiger partial charge is 0.428 e. The van der Waals surface area contributed by atoms with E-state index in [4.69, 9.17) is 14.5 Å². The van der Waals surface area contributed by atoms with E-state index in [9.17, 15) is 9.59 Å². The van der Waals surface area contributed by atoms with Gasteiger partial charge in [-0.3, -0.25) is 4.79 Å². The molecule has 3 aromatic carbocycles. The molecule has 7 nitrogen and oxygen atoms in total. The van der Waals surface area contributed by atoms with Gasteiger partial charge in [0.15, 0.2) is 0 Å². The lowest BCUT2D eigenvalue weighted by Gasteiger charge is -2.26.